The molecule has 106 valence electrons. The lowest BCUT2D eigenvalue weighted by Crippen LogP contribution is -2.41. The Hall–Kier alpha value is -1.20. The second kappa shape index (κ2) is 6.30. The van der Waals surface area contributed by atoms with Crippen LogP contribution in [0.2, 0.25) is 0 Å². The van der Waals surface area contributed by atoms with Crippen molar-refractivity contribution in [2.45, 2.75) is 31.4 Å². The molecule has 3 nitrogen and oxygen atoms in total. The van der Waals surface area contributed by atoms with Gasteiger partial charge in [0.05, 0.1) is 18.6 Å². The molecule has 1 heterocycles. The minimum atomic E-state index is -2.78. The predicted octanol–water partition coefficient (Wildman–Crippen LogP) is 2.28. The average Bonchev–Trinajstić information content (AvgIpc) is 2.71. The van der Waals surface area contributed by atoms with Crippen LogP contribution in [0.15, 0.2) is 30.3 Å². The van der Waals surface area contributed by atoms with E-state index in [-0.39, 0.29) is 24.4 Å². The van der Waals surface area contributed by atoms with Crippen LogP contribution in [0, 0.1) is 0 Å². The quantitative estimate of drug-likeness (QED) is 0.897. The van der Waals surface area contributed by atoms with Gasteiger partial charge in [0.25, 0.3) is 5.92 Å². The summed E-state index contributed by atoms with van der Waals surface area (Å²) >= 11 is 0. The Labute approximate surface area is 117 Å². The number of alkyl halides is 2. The molecule has 6 heteroatoms. The lowest BCUT2D eigenvalue weighted by molar-refractivity contribution is -0.124. The molecule has 2 unspecified atom stereocenters. The summed E-state index contributed by atoms with van der Waals surface area (Å²) in [4.78, 5) is 11.8. The van der Waals surface area contributed by atoms with E-state index in [4.69, 9.17) is 0 Å². The van der Waals surface area contributed by atoms with Gasteiger partial charge in [-0.25, -0.2) is 8.78 Å². The van der Waals surface area contributed by atoms with Crippen LogP contribution < -0.4 is 10.6 Å². The standard InChI is InChI=1S/C13H16F2N2O.ClH/c1-9(10-5-3-2-4-6-10)17-12(18)11-7-13(14,15)8-16-11;/h2-6,9,11,16H,7-8H2,1H3,(H,17,18);1H. The van der Waals surface area contributed by atoms with E-state index >= 15 is 0 Å². The monoisotopic (exact) mass is 290 g/mol. The van der Waals surface area contributed by atoms with E-state index in [0.717, 1.165) is 5.56 Å². The summed E-state index contributed by atoms with van der Waals surface area (Å²) in [5, 5.41) is 5.28. The van der Waals surface area contributed by atoms with Crippen LogP contribution in [0.5, 0.6) is 0 Å². The van der Waals surface area contributed by atoms with Crippen LogP contribution in [0.1, 0.15) is 24.9 Å². The van der Waals surface area contributed by atoms with Gasteiger partial charge < -0.3 is 5.32 Å². The highest BCUT2D eigenvalue weighted by atomic mass is 35.5. The molecule has 19 heavy (non-hydrogen) atoms. The number of carbonyl (C=O) groups excluding carboxylic acids is 1. The molecule has 0 spiro atoms. The molecule has 0 aromatic heterocycles. The van der Waals surface area contributed by atoms with Crippen LogP contribution in [0.3, 0.4) is 0 Å². The lowest BCUT2D eigenvalue weighted by atomic mass is 10.1. The highest BCUT2D eigenvalue weighted by Crippen LogP contribution is 2.25. The van der Waals surface area contributed by atoms with Gasteiger partial charge >= 0.3 is 0 Å². The molecule has 0 bridgehead atoms. The fourth-order valence-corrected chi connectivity index (χ4v) is 2.04. The van der Waals surface area contributed by atoms with Crippen LogP contribution in [0.25, 0.3) is 0 Å². The van der Waals surface area contributed by atoms with Crippen molar-refractivity contribution in [2.24, 2.45) is 0 Å². The highest BCUT2D eigenvalue weighted by molar-refractivity contribution is 5.85. The minimum absolute atomic E-state index is 0. The number of hydrogen-bond acceptors (Lipinski definition) is 2. The first-order chi connectivity index (χ1) is 8.48. The molecular weight excluding hydrogens is 274 g/mol. The third-order valence-corrected chi connectivity index (χ3v) is 3.08. The second-order valence-electron chi connectivity index (χ2n) is 4.63. The Morgan fingerprint density at radius 3 is 2.58 bits per heavy atom. The fourth-order valence-electron chi connectivity index (χ4n) is 2.04. The van der Waals surface area contributed by atoms with Crippen molar-refractivity contribution in [2.75, 3.05) is 6.54 Å². The van der Waals surface area contributed by atoms with E-state index < -0.39 is 24.9 Å². The van der Waals surface area contributed by atoms with E-state index in [2.05, 4.69) is 10.6 Å². The summed E-state index contributed by atoms with van der Waals surface area (Å²) in [7, 11) is 0. The smallest absolute Gasteiger partial charge is 0.262 e. The average molecular weight is 291 g/mol. The molecule has 1 aliphatic rings. The molecule has 0 aliphatic carbocycles. The van der Waals surface area contributed by atoms with Gasteiger partial charge in [-0.2, -0.15) is 0 Å². The zero-order valence-corrected chi connectivity index (χ0v) is 11.3. The lowest BCUT2D eigenvalue weighted by Gasteiger charge is -2.17. The Balaban J connectivity index is 0.00000180. The molecule has 1 aromatic carbocycles. The van der Waals surface area contributed by atoms with Crippen LogP contribution in [0.4, 0.5) is 8.78 Å². The molecule has 0 saturated carbocycles. The van der Waals surface area contributed by atoms with E-state index in [0.29, 0.717) is 0 Å². The number of halogens is 3. The van der Waals surface area contributed by atoms with Crippen LogP contribution in [-0.4, -0.2) is 24.4 Å². The molecular formula is C13H17ClF2N2O. The number of amides is 1. The molecule has 0 radical (unpaired) electrons. The van der Waals surface area contributed by atoms with Crippen LogP contribution >= 0.6 is 12.4 Å². The fraction of sp³-hybridized carbons (Fsp3) is 0.462. The third kappa shape index (κ3) is 4.14. The normalized spacial score (nSPS) is 22.4. The first-order valence-corrected chi connectivity index (χ1v) is 5.94. The van der Waals surface area contributed by atoms with Gasteiger partial charge in [0.2, 0.25) is 5.91 Å². The van der Waals surface area contributed by atoms with E-state index in [9.17, 15) is 13.6 Å². The Morgan fingerprint density at radius 1 is 1.42 bits per heavy atom. The van der Waals surface area contributed by atoms with E-state index in [1.807, 2.05) is 37.3 Å². The van der Waals surface area contributed by atoms with Gasteiger partial charge in [0.15, 0.2) is 0 Å². The number of hydrogen-bond donors (Lipinski definition) is 2. The maximum atomic E-state index is 13.0. The molecule has 1 fully saturated rings. The molecule has 1 saturated heterocycles. The summed E-state index contributed by atoms with van der Waals surface area (Å²) in [6.45, 7) is 1.41. The molecule has 1 aliphatic heterocycles. The van der Waals surface area contributed by atoms with Crippen molar-refractivity contribution in [3.8, 4) is 0 Å². The Kier molecular flexibility index (Phi) is 5.26. The largest absolute Gasteiger partial charge is 0.348 e. The van der Waals surface area contributed by atoms with Crippen molar-refractivity contribution in [1.29, 1.82) is 0 Å². The maximum Gasteiger partial charge on any atom is 0.262 e. The van der Waals surface area contributed by atoms with Crippen molar-refractivity contribution in [3.05, 3.63) is 35.9 Å². The van der Waals surface area contributed by atoms with Crippen molar-refractivity contribution in [3.63, 3.8) is 0 Å². The maximum absolute atomic E-state index is 13.0. The van der Waals surface area contributed by atoms with Gasteiger partial charge in [0, 0.05) is 6.42 Å². The zero-order chi connectivity index (χ0) is 13.2. The Morgan fingerprint density at radius 2 is 2.05 bits per heavy atom. The summed E-state index contributed by atoms with van der Waals surface area (Å²) in [6, 6.07) is 8.43. The summed E-state index contributed by atoms with van der Waals surface area (Å²) in [6.07, 6.45) is -0.430. The van der Waals surface area contributed by atoms with Crippen molar-refractivity contribution >= 4 is 18.3 Å². The SMILES string of the molecule is CC(NC(=O)C1CC(F)(F)CN1)c1ccccc1.Cl. The van der Waals surface area contributed by atoms with Gasteiger partial charge in [-0.1, -0.05) is 30.3 Å². The molecule has 2 N–H and O–H groups in total. The van der Waals surface area contributed by atoms with Crippen molar-refractivity contribution < 1.29 is 13.6 Å². The molecule has 2 atom stereocenters. The summed E-state index contributed by atoms with van der Waals surface area (Å²) in [5.74, 6) is -3.15. The molecule has 1 amide bonds. The predicted molar refractivity (Wildman–Crippen MR) is 71.6 cm³/mol. The highest BCUT2D eigenvalue weighted by Gasteiger charge is 2.42. The van der Waals surface area contributed by atoms with Gasteiger partial charge in [-0.05, 0) is 12.5 Å². The second-order valence-corrected chi connectivity index (χ2v) is 4.63. The topological polar surface area (TPSA) is 41.1 Å². The van der Waals surface area contributed by atoms with E-state index in [1.54, 1.807) is 0 Å². The van der Waals surface area contributed by atoms with Gasteiger partial charge in [0.1, 0.15) is 0 Å². The van der Waals surface area contributed by atoms with Gasteiger partial charge in [-0.3, -0.25) is 10.1 Å². The van der Waals surface area contributed by atoms with Crippen molar-refractivity contribution in [1.82, 2.24) is 10.6 Å². The number of benzene rings is 1. The first-order valence-electron chi connectivity index (χ1n) is 5.94. The Bertz CT molecular complexity index is 428. The summed E-state index contributed by atoms with van der Waals surface area (Å²) in [5.41, 5.74) is 0.954. The molecule has 2 rings (SSSR count). The number of nitrogens with one attached hydrogen (secondary N) is 2. The van der Waals surface area contributed by atoms with Crippen LogP contribution in [-0.2, 0) is 4.79 Å². The number of carbonyl (C=O) groups is 1. The third-order valence-electron chi connectivity index (χ3n) is 3.08. The first kappa shape index (κ1) is 15.9. The summed E-state index contributed by atoms with van der Waals surface area (Å²) < 4.78 is 25.9. The van der Waals surface area contributed by atoms with E-state index in [1.165, 1.54) is 0 Å². The molecule has 1 aromatic rings. The zero-order valence-electron chi connectivity index (χ0n) is 10.5. The van der Waals surface area contributed by atoms with Gasteiger partial charge in [-0.15, -0.1) is 12.4 Å². The minimum Gasteiger partial charge on any atom is -0.348 e. The number of rotatable bonds is 3.